The Balaban J connectivity index is 1.96. The van der Waals surface area contributed by atoms with Gasteiger partial charge in [0.15, 0.2) is 0 Å². The van der Waals surface area contributed by atoms with Gasteiger partial charge >= 0.3 is 5.97 Å². The van der Waals surface area contributed by atoms with Crippen molar-refractivity contribution in [2.45, 2.75) is 70.6 Å². The molecular formula is C18H30N4O5. The van der Waals surface area contributed by atoms with E-state index in [0.29, 0.717) is 19.4 Å². The largest absolute Gasteiger partial charge is 0.480 e. The summed E-state index contributed by atoms with van der Waals surface area (Å²) in [6.07, 6.45) is 2.70. The smallest absolute Gasteiger partial charge is 0.326 e. The van der Waals surface area contributed by atoms with E-state index < -0.39 is 35.9 Å². The minimum Gasteiger partial charge on any atom is -0.480 e. The number of carbonyl (C=O) groups excluding carboxylic acids is 3. The van der Waals surface area contributed by atoms with Gasteiger partial charge in [0.2, 0.25) is 17.7 Å². The summed E-state index contributed by atoms with van der Waals surface area (Å²) in [5.74, 6) is -2.26. The Bertz CT molecular complexity index is 588. The van der Waals surface area contributed by atoms with Crippen molar-refractivity contribution in [2.24, 2.45) is 5.92 Å². The first-order valence-electron chi connectivity index (χ1n) is 9.59. The maximum atomic E-state index is 12.6. The number of amides is 3. The molecule has 2 aliphatic rings. The highest BCUT2D eigenvalue weighted by molar-refractivity contribution is 5.94. The number of carbonyl (C=O) groups is 4. The molecule has 0 bridgehead atoms. The van der Waals surface area contributed by atoms with Crippen molar-refractivity contribution in [1.82, 2.24) is 20.9 Å². The number of hydrogen-bond donors (Lipinski definition) is 4. The van der Waals surface area contributed by atoms with Gasteiger partial charge in [-0.1, -0.05) is 13.8 Å². The summed E-state index contributed by atoms with van der Waals surface area (Å²) in [7, 11) is 0. The molecule has 3 amide bonds. The quantitative estimate of drug-likeness (QED) is 0.468. The lowest BCUT2D eigenvalue weighted by molar-refractivity contribution is -0.149. The van der Waals surface area contributed by atoms with E-state index in [-0.39, 0.29) is 17.9 Å². The third kappa shape index (κ3) is 5.18. The maximum Gasteiger partial charge on any atom is 0.326 e. The minimum absolute atomic E-state index is 0.156. The molecule has 0 saturated carbocycles. The van der Waals surface area contributed by atoms with Gasteiger partial charge in [-0.15, -0.1) is 0 Å². The summed E-state index contributed by atoms with van der Waals surface area (Å²) in [6.45, 7) is 6.33. The van der Waals surface area contributed by atoms with Crippen LogP contribution in [-0.4, -0.2) is 71.0 Å². The second-order valence-corrected chi connectivity index (χ2v) is 7.64. The normalized spacial score (nSPS) is 24.5. The van der Waals surface area contributed by atoms with Crippen LogP contribution >= 0.6 is 0 Å². The fourth-order valence-electron chi connectivity index (χ4n) is 3.60. The highest BCUT2D eigenvalue weighted by Gasteiger charge is 2.37. The number of nitrogens with one attached hydrogen (secondary N) is 3. The number of rotatable bonds is 7. The topological polar surface area (TPSA) is 128 Å². The molecule has 0 radical (unpaired) electrons. The van der Waals surface area contributed by atoms with E-state index in [1.54, 1.807) is 0 Å². The van der Waals surface area contributed by atoms with Crippen LogP contribution in [0.5, 0.6) is 0 Å². The number of nitrogens with zero attached hydrogens (tertiary/aromatic N) is 1. The molecule has 2 rings (SSSR count). The average molecular weight is 382 g/mol. The molecule has 0 aromatic carbocycles. The van der Waals surface area contributed by atoms with Gasteiger partial charge < -0.3 is 26.0 Å². The number of carboxylic acids is 1. The van der Waals surface area contributed by atoms with Crippen LogP contribution in [0.2, 0.25) is 0 Å². The molecule has 4 N–H and O–H groups in total. The Hall–Kier alpha value is -2.16. The average Bonchev–Trinajstić information content (AvgIpc) is 3.29. The first-order chi connectivity index (χ1) is 12.7. The molecule has 0 aromatic heterocycles. The van der Waals surface area contributed by atoms with E-state index in [2.05, 4.69) is 16.0 Å². The molecule has 2 aliphatic heterocycles. The fraction of sp³-hybridized carbons (Fsp3) is 0.778. The Morgan fingerprint density at radius 2 is 1.78 bits per heavy atom. The van der Waals surface area contributed by atoms with Gasteiger partial charge in [0.05, 0.1) is 6.04 Å². The van der Waals surface area contributed by atoms with Crippen LogP contribution < -0.4 is 16.0 Å². The summed E-state index contributed by atoms with van der Waals surface area (Å²) >= 11 is 0. The van der Waals surface area contributed by atoms with Gasteiger partial charge in [0.25, 0.3) is 0 Å². The Kier molecular flexibility index (Phi) is 7.18. The first kappa shape index (κ1) is 21.1. The van der Waals surface area contributed by atoms with Crippen LogP contribution in [0, 0.1) is 5.92 Å². The standard InChI is InChI=1S/C18H30N4O5/c1-10(2)14(21-15(23)12-6-4-8-19-12)16(24)20-11(3)17(25)22-9-5-7-13(22)18(26)27/h10-14,19H,4-9H2,1-3H3,(H,20,24)(H,21,23)(H,26,27). The Labute approximate surface area is 159 Å². The number of hydrogen-bond acceptors (Lipinski definition) is 5. The lowest BCUT2D eigenvalue weighted by Gasteiger charge is -2.28. The molecule has 0 aliphatic carbocycles. The van der Waals surface area contributed by atoms with Crippen molar-refractivity contribution in [1.29, 1.82) is 0 Å². The summed E-state index contributed by atoms with van der Waals surface area (Å²) in [4.78, 5) is 50.1. The lowest BCUT2D eigenvalue weighted by Crippen LogP contribution is -2.57. The van der Waals surface area contributed by atoms with E-state index in [4.69, 9.17) is 0 Å². The predicted octanol–water partition coefficient (Wildman–Crippen LogP) is -0.540. The van der Waals surface area contributed by atoms with E-state index in [1.807, 2.05) is 13.8 Å². The number of aliphatic carboxylic acids is 1. The molecule has 9 nitrogen and oxygen atoms in total. The lowest BCUT2D eigenvalue weighted by atomic mass is 10.0. The van der Waals surface area contributed by atoms with Crippen LogP contribution in [-0.2, 0) is 19.2 Å². The SMILES string of the molecule is CC(NC(=O)C(NC(=O)C1CCCN1)C(C)C)C(=O)N1CCCC1C(=O)O. The van der Waals surface area contributed by atoms with Crippen molar-refractivity contribution >= 4 is 23.7 Å². The van der Waals surface area contributed by atoms with E-state index in [0.717, 1.165) is 19.4 Å². The van der Waals surface area contributed by atoms with Gasteiger partial charge in [-0.2, -0.15) is 0 Å². The van der Waals surface area contributed by atoms with Gasteiger partial charge in [0.1, 0.15) is 18.1 Å². The highest BCUT2D eigenvalue weighted by atomic mass is 16.4. The summed E-state index contributed by atoms with van der Waals surface area (Å²) in [5.41, 5.74) is 0. The maximum absolute atomic E-state index is 12.6. The summed E-state index contributed by atoms with van der Waals surface area (Å²) in [5, 5.41) is 17.7. The predicted molar refractivity (Wildman–Crippen MR) is 97.8 cm³/mol. The van der Waals surface area contributed by atoms with Crippen molar-refractivity contribution in [2.75, 3.05) is 13.1 Å². The number of carboxylic acid groups (broad SMARTS) is 1. The Morgan fingerprint density at radius 1 is 1.07 bits per heavy atom. The molecule has 4 unspecified atom stereocenters. The third-order valence-corrected chi connectivity index (χ3v) is 5.17. The molecule has 2 saturated heterocycles. The van der Waals surface area contributed by atoms with Crippen molar-refractivity contribution in [3.05, 3.63) is 0 Å². The van der Waals surface area contributed by atoms with E-state index in [1.165, 1.54) is 11.8 Å². The van der Waals surface area contributed by atoms with Gasteiger partial charge in [-0.25, -0.2) is 4.79 Å². The molecule has 9 heteroatoms. The summed E-state index contributed by atoms with van der Waals surface area (Å²) < 4.78 is 0. The van der Waals surface area contributed by atoms with Crippen LogP contribution in [0.3, 0.4) is 0 Å². The van der Waals surface area contributed by atoms with E-state index in [9.17, 15) is 24.3 Å². The van der Waals surface area contributed by atoms with Crippen molar-refractivity contribution in [3.63, 3.8) is 0 Å². The Morgan fingerprint density at radius 3 is 2.33 bits per heavy atom. The fourth-order valence-corrected chi connectivity index (χ4v) is 3.60. The second kappa shape index (κ2) is 9.16. The van der Waals surface area contributed by atoms with Gasteiger partial charge in [-0.05, 0) is 45.1 Å². The third-order valence-electron chi connectivity index (χ3n) is 5.17. The van der Waals surface area contributed by atoms with Crippen LogP contribution in [0.25, 0.3) is 0 Å². The molecular weight excluding hydrogens is 352 g/mol. The molecule has 4 atom stereocenters. The second-order valence-electron chi connectivity index (χ2n) is 7.64. The van der Waals surface area contributed by atoms with E-state index >= 15 is 0 Å². The molecule has 2 fully saturated rings. The van der Waals surface area contributed by atoms with Crippen LogP contribution in [0.15, 0.2) is 0 Å². The molecule has 152 valence electrons. The molecule has 0 aromatic rings. The number of likely N-dealkylation sites (tertiary alicyclic amines) is 1. The van der Waals surface area contributed by atoms with Gasteiger partial charge in [-0.3, -0.25) is 14.4 Å². The minimum atomic E-state index is -1.03. The monoisotopic (exact) mass is 382 g/mol. The zero-order valence-electron chi connectivity index (χ0n) is 16.2. The van der Waals surface area contributed by atoms with Gasteiger partial charge in [0, 0.05) is 6.54 Å². The highest BCUT2D eigenvalue weighted by Crippen LogP contribution is 2.18. The van der Waals surface area contributed by atoms with Crippen LogP contribution in [0.4, 0.5) is 0 Å². The summed E-state index contributed by atoms with van der Waals surface area (Å²) in [6, 6.07) is -2.76. The first-order valence-corrected chi connectivity index (χ1v) is 9.59. The molecule has 2 heterocycles. The zero-order chi connectivity index (χ0) is 20.1. The van der Waals surface area contributed by atoms with Crippen molar-refractivity contribution in [3.8, 4) is 0 Å². The van der Waals surface area contributed by atoms with Crippen molar-refractivity contribution < 1.29 is 24.3 Å². The molecule has 0 spiro atoms. The molecule has 27 heavy (non-hydrogen) atoms. The zero-order valence-corrected chi connectivity index (χ0v) is 16.2. The van der Waals surface area contributed by atoms with Crippen LogP contribution in [0.1, 0.15) is 46.5 Å².